The number of benzene rings is 1. The van der Waals surface area contributed by atoms with Gasteiger partial charge in [0.2, 0.25) is 0 Å². The van der Waals surface area contributed by atoms with Gasteiger partial charge < -0.3 is 0 Å². The van der Waals surface area contributed by atoms with E-state index >= 15 is 0 Å². The molecule has 2 aromatic rings. The third-order valence-electron chi connectivity index (χ3n) is 2.72. The molecule has 0 radical (unpaired) electrons. The Morgan fingerprint density at radius 1 is 1.20 bits per heavy atom. The number of hydrogen-bond donors (Lipinski definition) is 1. The molecule has 1 N–H and O–H groups in total. The standard InChI is InChI=1S/C12H13ClN2/c1-12(2,11-7-8-14-15-11)9-5-3-4-6-10(9)13/h3-8H,1-2H3,(H,14,15). The molecule has 2 nitrogen and oxygen atoms in total. The maximum absolute atomic E-state index is 6.19. The van der Waals surface area contributed by atoms with Crippen LogP contribution in [0, 0.1) is 0 Å². The van der Waals surface area contributed by atoms with Crippen LogP contribution in [-0.4, -0.2) is 10.2 Å². The first kappa shape index (κ1) is 10.2. The molecule has 3 heteroatoms. The van der Waals surface area contributed by atoms with Crippen molar-refractivity contribution >= 4 is 11.6 Å². The Labute approximate surface area is 94.3 Å². The molecule has 0 atom stereocenters. The average Bonchev–Trinajstić information content (AvgIpc) is 2.71. The van der Waals surface area contributed by atoms with E-state index < -0.39 is 0 Å². The molecule has 0 spiro atoms. The van der Waals surface area contributed by atoms with Crippen molar-refractivity contribution in [3.8, 4) is 0 Å². The Balaban J connectivity index is 2.51. The lowest BCUT2D eigenvalue weighted by Crippen LogP contribution is -2.19. The Kier molecular flexibility index (Phi) is 2.53. The fraction of sp³-hybridized carbons (Fsp3) is 0.250. The minimum Gasteiger partial charge on any atom is -0.282 e. The smallest absolute Gasteiger partial charge is 0.0490 e. The molecule has 0 saturated carbocycles. The van der Waals surface area contributed by atoms with Crippen LogP contribution in [0.15, 0.2) is 36.5 Å². The molecular weight excluding hydrogens is 208 g/mol. The zero-order chi connectivity index (χ0) is 10.9. The van der Waals surface area contributed by atoms with Gasteiger partial charge in [-0.25, -0.2) is 0 Å². The number of nitrogens with one attached hydrogen (secondary N) is 1. The molecule has 2 rings (SSSR count). The topological polar surface area (TPSA) is 28.7 Å². The number of aromatic amines is 1. The molecule has 0 bridgehead atoms. The first-order valence-corrected chi connectivity index (χ1v) is 5.25. The SMILES string of the molecule is CC(C)(c1ccn[nH]1)c1ccccc1Cl. The van der Waals surface area contributed by atoms with Crippen LogP contribution in [0.4, 0.5) is 0 Å². The van der Waals surface area contributed by atoms with Crippen molar-refractivity contribution in [2.75, 3.05) is 0 Å². The Morgan fingerprint density at radius 3 is 2.53 bits per heavy atom. The van der Waals surface area contributed by atoms with Crippen molar-refractivity contribution in [1.29, 1.82) is 0 Å². The quantitative estimate of drug-likeness (QED) is 0.826. The van der Waals surface area contributed by atoms with Crippen molar-refractivity contribution < 1.29 is 0 Å². The number of H-pyrrole nitrogens is 1. The van der Waals surface area contributed by atoms with Gasteiger partial charge in [-0.15, -0.1) is 0 Å². The van der Waals surface area contributed by atoms with Crippen LogP contribution in [0.3, 0.4) is 0 Å². The Hall–Kier alpha value is -1.28. The molecule has 1 aromatic carbocycles. The highest BCUT2D eigenvalue weighted by Crippen LogP contribution is 2.34. The molecular formula is C12H13ClN2. The van der Waals surface area contributed by atoms with E-state index in [4.69, 9.17) is 11.6 Å². The molecule has 0 saturated heterocycles. The predicted octanol–water partition coefficient (Wildman–Crippen LogP) is 3.39. The van der Waals surface area contributed by atoms with E-state index in [1.165, 1.54) is 0 Å². The summed E-state index contributed by atoms with van der Waals surface area (Å²) in [6.45, 7) is 4.25. The summed E-state index contributed by atoms with van der Waals surface area (Å²) in [6.07, 6.45) is 1.76. The molecule has 1 heterocycles. The third-order valence-corrected chi connectivity index (χ3v) is 3.05. The highest BCUT2D eigenvalue weighted by atomic mass is 35.5. The van der Waals surface area contributed by atoms with Crippen molar-refractivity contribution in [2.24, 2.45) is 0 Å². The molecule has 15 heavy (non-hydrogen) atoms. The van der Waals surface area contributed by atoms with E-state index in [0.29, 0.717) is 0 Å². The van der Waals surface area contributed by atoms with Crippen LogP contribution >= 0.6 is 11.6 Å². The summed E-state index contributed by atoms with van der Waals surface area (Å²) in [7, 11) is 0. The van der Waals surface area contributed by atoms with Crippen LogP contribution in [0.25, 0.3) is 0 Å². The summed E-state index contributed by atoms with van der Waals surface area (Å²) >= 11 is 6.19. The van der Waals surface area contributed by atoms with Crippen molar-refractivity contribution in [3.05, 3.63) is 52.8 Å². The molecule has 0 unspecified atom stereocenters. The van der Waals surface area contributed by atoms with Gasteiger partial charge in [0.15, 0.2) is 0 Å². The minimum absolute atomic E-state index is 0.144. The van der Waals surface area contributed by atoms with Gasteiger partial charge in [-0.1, -0.05) is 43.6 Å². The van der Waals surface area contributed by atoms with Gasteiger partial charge in [0, 0.05) is 22.3 Å². The molecule has 0 aliphatic heterocycles. The lowest BCUT2D eigenvalue weighted by molar-refractivity contribution is 0.614. The van der Waals surface area contributed by atoms with E-state index in [1.54, 1.807) is 6.20 Å². The van der Waals surface area contributed by atoms with Gasteiger partial charge in [-0.05, 0) is 17.7 Å². The zero-order valence-corrected chi connectivity index (χ0v) is 9.55. The van der Waals surface area contributed by atoms with Crippen LogP contribution < -0.4 is 0 Å². The average molecular weight is 221 g/mol. The Bertz CT molecular complexity index is 446. The second kappa shape index (κ2) is 3.70. The van der Waals surface area contributed by atoms with E-state index in [1.807, 2.05) is 30.3 Å². The van der Waals surface area contributed by atoms with Crippen molar-refractivity contribution in [2.45, 2.75) is 19.3 Å². The second-order valence-electron chi connectivity index (χ2n) is 4.08. The maximum atomic E-state index is 6.19. The number of halogens is 1. The van der Waals surface area contributed by atoms with E-state index in [-0.39, 0.29) is 5.41 Å². The van der Waals surface area contributed by atoms with Gasteiger partial charge in [0.05, 0.1) is 0 Å². The summed E-state index contributed by atoms with van der Waals surface area (Å²) in [5.41, 5.74) is 2.03. The monoisotopic (exact) mass is 220 g/mol. The highest BCUT2D eigenvalue weighted by molar-refractivity contribution is 6.31. The molecule has 1 aromatic heterocycles. The molecule has 0 fully saturated rings. The minimum atomic E-state index is -0.144. The summed E-state index contributed by atoms with van der Waals surface area (Å²) in [5, 5.41) is 7.76. The third kappa shape index (κ3) is 1.77. The van der Waals surface area contributed by atoms with E-state index in [9.17, 15) is 0 Å². The van der Waals surface area contributed by atoms with E-state index in [2.05, 4.69) is 24.0 Å². The van der Waals surface area contributed by atoms with Crippen LogP contribution in [0.5, 0.6) is 0 Å². The maximum Gasteiger partial charge on any atom is 0.0490 e. The first-order valence-electron chi connectivity index (χ1n) is 4.87. The van der Waals surface area contributed by atoms with Gasteiger partial charge in [-0.3, -0.25) is 5.10 Å². The highest BCUT2D eigenvalue weighted by Gasteiger charge is 2.26. The number of hydrogen-bond acceptors (Lipinski definition) is 1. The molecule has 0 aliphatic rings. The fourth-order valence-corrected chi connectivity index (χ4v) is 2.09. The number of nitrogens with zero attached hydrogens (tertiary/aromatic N) is 1. The fourth-order valence-electron chi connectivity index (χ4n) is 1.72. The summed E-state index contributed by atoms with van der Waals surface area (Å²) in [6, 6.07) is 9.87. The summed E-state index contributed by atoms with van der Waals surface area (Å²) in [5.74, 6) is 0. The normalized spacial score (nSPS) is 11.7. The zero-order valence-electron chi connectivity index (χ0n) is 8.79. The second-order valence-corrected chi connectivity index (χ2v) is 4.48. The van der Waals surface area contributed by atoms with Gasteiger partial charge in [0.25, 0.3) is 0 Å². The lowest BCUT2D eigenvalue weighted by Gasteiger charge is -2.24. The van der Waals surface area contributed by atoms with Crippen LogP contribution in [-0.2, 0) is 5.41 Å². The van der Waals surface area contributed by atoms with E-state index in [0.717, 1.165) is 16.3 Å². The lowest BCUT2D eigenvalue weighted by atomic mass is 9.81. The van der Waals surface area contributed by atoms with Crippen LogP contribution in [0.1, 0.15) is 25.1 Å². The molecule has 78 valence electrons. The van der Waals surface area contributed by atoms with Gasteiger partial charge in [0.1, 0.15) is 0 Å². The largest absolute Gasteiger partial charge is 0.282 e. The Morgan fingerprint density at radius 2 is 1.93 bits per heavy atom. The number of aromatic nitrogens is 2. The van der Waals surface area contributed by atoms with Crippen molar-refractivity contribution in [3.63, 3.8) is 0 Å². The predicted molar refractivity (Wildman–Crippen MR) is 62.2 cm³/mol. The molecule has 0 amide bonds. The summed E-state index contributed by atoms with van der Waals surface area (Å²) in [4.78, 5) is 0. The molecule has 0 aliphatic carbocycles. The van der Waals surface area contributed by atoms with Crippen LogP contribution in [0.2, 0.25) is 5.02 Å². The van der Waals surface area contributed by atoms with Gasteiger partial charge in [-0.2, -0.15) is 5.10 Å². The first-order chi connectivity index (χ1) is 7.12. The summed E-state index contributed by atoms with van der Waals surface area (Å²) < 4.78 is 0. The van der Waals surface area contributed by atoms with Gasteiger partial charge >= 0.3 is 0 Å². The van der Waals surface area contributed by atoms with Crippen molar-refractivity contribution in [1.82, 2.24) is 10.2 Å². The number of rotatable bonds is 2.